The van der Waals surface area contributed by atoms with Gasteiger partial charge in [0.1, 0.15) is 0 Å². The Morgan fingerprint density at radius 3 is 2.91 bits per heavy atom. The van der Waals surface area contributed by atoms with Gasteiger partial charge in [0.2, 0.25) is 11.8 Å². The number of nitrogens with zero attached hydrogens (tertiary/aromatic N) is 1. The minimum absolute atomic E-state index is 0.0445. The van der Waals surface area contributed by atoms with Crippen molar-refractivity contribution in [3.8, 4) is 0 Å². The third kappa shape index (κ3) is 2.73. The maximum absolute atomic E-state index is 13.1. The second-order valence-electron chi connectivity index (χ2n) is 6.35. The summed E-state index contributed by atoms with van der Waals surface area (Å²) in [6, 6.07) is 7.61. The molecule has 0 aromatic heterocycles. The smallest absolute Gasteiger partial charge is 0.231 e. The highest BCUT2D eigenvalue weighted by Gasteiger charge is 2.37. The van der Waals surface area contributed by atoms with Crippen molar-refractivity contribution in [3.05, 3.63) is 29.8 Å². The van der Waals surface area contributed by atoms with Gasteiger partial charge in [-0.1, -0.05) is 18.2 Å². The largest absolute Gasteiger partial charge is 0.338 e. The van der Waals surface area contributed by atoms with Gasteiger partial charge in [-0.2, -0.15) is 0 Å². The maximum atomic E-state index is 13.1. The lowest BCUT2D eigenvalue weighted by Gasteiger charge is -2.40. The van der Waals surface area contributed by atoms with Crippen LogP contribution >= 0.6 is 0 Å². The van der Waals surface area contributed by atoms with E-state index in [1.54, 1.807) is 0 Å². The Morgan fingerprint density at radius 1 is 1.36 bits per heavy atom. The Morgan fingerprint density at radius 2 is 2.14 bits per heavy atom. The number of amides is 2. The minimum Gasteiger partial charge on any atom is -0.338 e. The normalized spacial score (nSPS) is 26.1. The van der Waals surface area contributed by atoms with Crippen LogP contribution < -0.4 is 11.1 Å². The lowest BCUT2D eigenvalue weighted by molar-refractivity contribution is -0.138. The molecule has 118 valence electrons. The Labute approximate surface area is 130 Å². The van der Waals surface area contributed by atoms with Crippen LogP contribution in [0.15, 0.2) is 24.3 Å². The number of nitrogens with two attached hydrogens (primary N) is 1. The van der Waals surface area contributed by atoms with Crippen LogP contribution in [0, 0.1) is 0 Å². The average molecular weight is 301 g/mol. The molecule has 1 saturated heterocycles. The summed E-state index contributed by atoms with van der Waals surface area (Å²) in [5, 5.41) is 2.85. The first-order chi connectivity index (χ1) is 10.6. The van der Waals surface area contributed by atoms with E-state index in [0.29, 0.717) is 0 Å². The van der Waals surface area contributed by atoms with Gasteiger partial charge in [-0.25, -0.2) is 0 Å². The van der Waals surface area contributed by atoms with Crippen LogP contribution in [0.2, 0.25) is 0 Å². The fraction of sp³-hybridized carbons (Fsp3) is 0.529. The lowest BCUT2D eigenvalue weighted by Crippen LogP contribution is -2.53. The highest BCUT2D eigenvalue weighted by atomic mass is 16.2. The van der Waals surface area contributed by atoms with Gasteiger partial charge in [-0.15, -0.1) is 0 Å². The first-order valence-corrected chi connectivity index (χ1v) is 8.03. The third-order valence-corrected chi connectivity index (χ3v) is 4.74. The number of hydrogen-bond acceptors (Lipinski definition) is 3. The number of likely N-dealkylation sites (tertiary alicyclic amines) is 1. The molecular formula is C17H23N3O2. The molecule has 3 N–H and O–H groups in total. The zero-order valence-corrected chi connectivity index (χ0v) is 12.9. The predicted molar refractivity (Wildman–Crippen MR) is 85.4 cm³/mol. The van der Waals surface area contributed by atoms with Crippen molar-refractivity contribution in [1.29, 1.82) is 0 Å². The number of piperidine rings is 1. The first-order valence-electron chi connectivity index (χ1n) is 8.03. The van der Waals surface area contributed by atoms with Crippen molar-refractivity contribution >= 4 is 17.5 Å². The number of rotatable bonds is 2. The summed E-state index contributed by atoms with van der Waals surface area (Å²) >= 11 is 0. The van der Waals surface area contributed by atoms with Crippen LogP contribution in [0.5, 0.6) is 0 Å². The maximum Gasteiger partial charge on any atom is 0.231 e. The van der Waals surface area contributed by atoms with E-state index < -0.39 is 0 Å². The number of nitrogens with one attached hydrogen (secondary N) is 1. The fourth-order valence-electron chi connectivity index (χ4n) is 3.61. The van der Waals surface area contributed by atoms with Gasteiger partial charge in [0.15, 0.2) is 0 Å². The number of fused-ring (bicyclic) bond motifs is 1. The van der Waals surface area contributed by atoms with Crippen LogP contribution in [0.4, 0.5) is 5.69 Å². The van der Waals surface area contributed by atoms with Crippen LogP contribution in [0.25, 0.3) is 0 Å². The van der Waals surface area contributed by atoms with Gasteiger partial charge in [-0.05, 0) is 37.8 Å². The summed E-state index contributed by atoms with van der Waals surface area (Å²) in [6.45, 7) is 2.70. The molecule has 5 heteroatoms. The summed E-state index contributed by atoms with van der Waals surface area (Å²) in [5.74, 6) is -0.431. The van der Waals surface area contributed by atoms with Crippen molar-refractivity contribution in [2.75, 3.05) is 11.9 Å². The van der Waals surface area contributed by atoms with E-state index in [2.05, 4.69) is 5.32 Å². The summed E-state index contributed by atoms with van der Waals surface area (Å²) in [7, 11) is 0. The Bertz CT molecular complexity index is 585. The second-order valence-corrected chi connectivity index (χ2v) is 6.35. The topological polar surface area (TPSA) is 75.4 Å². The monoisotopic (exact) mass is 301 g/mol. The van der Waals surface area contributed by atoms with Crippen LogP contribution in [-0.2, 0) is 9.59 Å². The van der Waals surface area contributed by atoms with E-state index in [-0.39, 0.29) is 36.2 Å². The van der Waals surface area contributed by atoms with Crippen LogP contribution in [0.3, 0.4) is 0 Å². The quantitative estimate of drug-likeness (QED) is 0.875. The molecule has 1 aromatic carbocycles. The Balaban J connectivity index is 1.89. The van der Waals surface area contributed by atoms with E-state index in [1.807, 2.05) is 36.1 Å². The van der Waals surface area contributed by atoms with E-state index in [1.165, 1.54) is 0 Å². The fourth-order valence-corrected chi connectivity index (χ4v) is 3.61. The van der Waals surface area contributed by atoms with Crippen molar-refractivity contribution in [2.45, 2.75) is 50.6 Å². The minimum atomic E-state index is -0.385. The summed E-state index contributed by atoms with van der Waals surface area (Å²) in [5.41, 5.74) is 7.75. The molecule has 1 fully saturated rings. The molecule has 0 aliphatic carbocycles. The molecular weight excluding hydrogens is 278 g/mol. The predicted octanol–water partition coefficient (Wildman–Crippen LogP) is 1.84. The lowest BCUT2D eigenvalue weighted by atomic mass is 9.87. The van der Waals surface area contributed by atoms with Crippen molar-refractivity contribution in [2.24, 2.45) is 5.73 Å². The molecule has 5 nitrogen and oxygen atoms in total. The number of anilines is 1. The molecule has 22 heavy (non-hydrogen) atoms. The molecule has 3 atom stereocenters. The zero-order chi connectivity index (χ0) is 15.7. The van der Waals surface area contributed by atoms with Gasteiger partial charge < -0.3 is 16.0 Å². The van der Waals surface area contributed by atoms with E-state index in [0.717, 1.165) is 37.1 Å². The summed E-state index contributed by atoms with van der Waals surface area (Å²) in [4.78, 5) is 26.9. The number of benzene rings is 1. The number of hydrogen-bond donors (Lipinski definition) is 2. The first kappa shape index (κ1) is 15.0. The van der Waals surface area contributed by atoms with Crippen LogP contribution in [0.1, 0.15) is 44.1 Å². The van der Waals surface area contributed by atoms with Gasteiger partial charge in [0.05, 0.1) is 5.92 Å². The van der Waals surface area contributed by atoms with E-state index in [4.69, 9.17) is 5.73 Å². The summed E-state index contributed by atoms with van der Waals surface area (Å²) < 4.78 is 0. The molecule has 2 aliphatic heterocycles. The van der Waals surface area contributed by atoms with E-state index >= 15 is 0 Å². The van der Waals surface area contributed by atoms with Gasteiger partial charge in [-0.3, -0.25) is 9.59 Å². The standard InChI is InChI=1S/C17H23N3O2/c1-11(18)15-8-4-5-9-20(15)17(22)13-10-16(21)19-14-7-3-2-6-12(13)14/h2-3,6-7,11,13,15H,4-5,8-10,18H2,1H3,(H,19,21). The number of carbonyl (C=O) groups is 2. The Hall–Kier alpha value is -1.88. The highest BCUT2D eigenvalue weighted by molar-refractivity contribution is 6.01. The van der Waals surface area contributed by atoms with Crippen LogP contribution in [-0.4, -0.2) is 35.3 Å². The van der Waals surface area contributed by atoms with Gasteiger partial charge in [0, 0.05) is 30.7 Å². The zero-order valence-electron chi connectivity index (χ0n) is 12.9. The molecule has 0 bridgehead atoms. The van der Waals surface area contributed by atoms with Crippen molar-refractivity contribution in [1.82, 2.24) is 4.90 Å². The molecule has 0 spiro atoms. The molecule has 2 aliphatic rings. The van der Waals surface area contributed by atoms with Crippen molar-refractivity contribution in [3.63, 3.8) is 0 Å². The third-order valence-electron chi connectivity index (χ3n) is 4.74. The molecule has 3 unspecified atom stereocenters. The van der Waals surface area contributed by atoms with Crippen molar-refractivity contribution < 1.29 is 9.59 Å². The number of para-hydroxylation sites is 1. The summed E-state index contributed by atoms with van der Waals surface area (Å²) in [6.07, 6.45) is 3.29. The van der Waals surface area contributed by atoms with E-state index in [9.17, 15) is 9.59 Å². The molecule has 2 heterocycles. The SMILES string of the molecule is CC(N)C1CCCCN1C(=O)C1CC(=O)Nc2ccccc21. The second kappa shape index (κ2) is 6.08. The van der Waals surface area contributed by atoms with Gasteiger partial charge in [0.25, 0.3) is 0 Å². The molecule has 2 amide bonds. The average Bonchev–Trinajstić information content (AvgIpc) is 2.53. The Kier molecular flexibility index (Phi) is 4.16. The highest BCUT2D eigenvalue weighted by Crippen LogP contribution is 2.35. The molecule has 1 aromatic rings. The molecule has 0 saturated carbocycles. The molecule has 0 radical (unpaired) electrons. The number of carbonyl (C=O) groups excluding carboxylic acids is 2. The van der Waals surface area contributed by atoms with Gasteiger partial charge >= 0.3 is 0 Å². The molecule has 3 rings (SSSR count).